The normalized spacial score (nSPS) is 11.2. The number of hydrazone groups is 1. The largest absolute Gasteiger partial charge is 0.347 e. The van der Waals surface area contributed by atoms with Crippen LogP contribution in [0.3, 0.4) is 0 Å². The summed E-state index contributed by atoms with van der Waals surface area (Å²) in [6.07, 6.45) is 19.5. The lowest BCUT2D eigenvalue weighted by Gasteiger charge is -2.04. The van der Waals surface area contributed by atoms with E-state index in [4.69, 9.17) is 0 Å². The zero-order valence-corrected chi connectivity index (χ0v) is 18.6. The van der Waals surface area contributed by atoms with Crippen molar-refractivity contribution in [2.75, 3.05) is 6.54 Å². The van der Waals surface area contributed by atoms with E-state index >= 15 is 0 Å². The standard InChI is InChI=1S/C25H39N3O2/c1-2-3-4-5-6-7-8-9-10-11-15-20-24(29)26-22-25(30)28-27-21-16-19-23-17-13-12-14-18-23/h12-14,16-19,21H,2-11,15,20,22H2,1H3,(H,26,29)(H,28,30). The van der Waals surface area contributed by atoms with Gasteiger partial charge in [-0.25, -0.2) is 5.43 Å². The lowest BCUT2D eigenvalue weighted by Crippen LogP contribution is -2.34. The first-order valence-corrected chi connectivity index (χ1v) is 11.5. The maximum Gasteiger partial charge on any atom is 0.259 e. The van der Waals surface area contributed by atoms with Gasteiger partial charge in [-0.1, -0.05) is 108 Å². The predicted molar refractivity (Wildman–Crippen MR) is 126 cm³/mol. The van der Waals surface area contributed by atoms with Crippen molar-refractivity contribution >= 4 is 24.1 Å². The predicted octanol–water partition coefficient (Wildman–Crippen LogP) is 5.62. The van der Waals surface area contributed by atoms with Crippen molar-refractivity contribution in [2.45, 2.75) is 84.0 Å². The van der Waals surface area contributed by atoms with Gasteiger partial charge in [0.25, 0.3) is 5.91 Å². The average Bonchev–Trinajstić information content (AvgIpc) is 2.76. The van der Waals surface area contributed by atoms with E-state index in [2.05, 4.69) is 22.8 Å². The molecule has 5 heteroatoms. The molecule has 0 aliphatic rings. The van der Waals surface area contributed by atoms with Crippen LogP contribution in [0.1, 0.15) is 89.5 Å². The molecule has 1 aromatic rings. The first-order chi connectivity index (χ1) is 14.7. The monoisotopic (exact) mass is 413 g/mol. The van der Waals surface area contributed by atoms with Crippen LogP contribution in [0.2, 0.25) is 0 Å². The summed E-state index contributed by atoms with van der Waals surface area (Å²) in [6.45, 7) is 2.20. The number of rotatable bonds is 17. The number of benzene rings is 1. The lowest BCUT2D eigenvalue weighted by atomic mass is 10.1. The van der Waals surface area contributed by atoms with Gasteiger partial charge >= 0.3 is 0 Å². The second-order valence-electron chi connectivity index (χ2n) is 7.65. The number of hydrogen-bond acceptors (Lipinski definition) is 3. The molecule has 0 fully saturated rings. The smallest absolute Gasteiger partial charge is 0.259 e. The van der Waals surface area contributed by atoms with Crippen molar-refractivity contribution in [3.05, 3.63) is 42.0 Å². The Morgan fingerprint density at radius 2 is 1.43 bits per heavy atom. The SMILES string of the molecule is CCCCCCCCCCCCCC(=O)NCC(=O)NN=CC=Cc1ccccc1. The summed E-state index contributed by atoms with van der Waals surface area (Å²) >= 11 is 0. The number of allylic oxidation sites excluding steroid dienone is 1. The molecule has 30 heavy (non-hydrogen) atoms. The van der Waals surface area contributed by atoms with E-state index in [1.54, 1.807) is 6.08 Å². The third-order valence-corrected chi connectivity index (χ3v) is 4.89. The third-order valence-electron chi connectivity index (χ3n) is 4.89. The highest BCUT2D eigenvalue weighted by molar-refractivity contribution is 5.85. The molecule has 1 aromatic carbocycles. The Morgan fingerprint density at radius 1 is 0.833 bits per heavy atom. The highest BCUT2D eigenvalue weighted by Gasteiger charge is 2.04. The maximum atomic E-state index is 11.8. The van der Waals surface area contributed by atoms with Crippen molar-refractivity contribution in [3.8, 4) is 0 Å². The Labute approximate surface area is 182 Å². The molecule has 1 rings (SSSR count). The van der Waals surface area contributed by atoms with Crippen LogP contribution < -0.4 is 10.7 Å². The number of unbranched alkanes of at least 4 members (excludes halogenated alkanes) is 10. The molecule has 0 radical (unpaired) electrons. The van der Waals surface area contributed by atoms with Crippen LogP contribution in [0.25, 0.3) is 6.08 Å². The Morgan fingerprint density at radius 3 is 2.07 bits per heavy atom. The van der Waals surface area contributed by atoms with Crippen LogP contribution in [0.4, 0.5) is 0 Å². The van der Waals surface area contributed by atoms with E-state index < -0.39 is 0 Å². The van der Waals surface area contributed by atoms with E-state index in [9.17, 15) is 9.59 Å². The molecule has 0 atom stereocenters. The summed E-state index contributed by atoms with van der Waals surface area (Å²) in [5.41, 5.74) is 3.46. The molecule has 0 saturated carbocycles. The molecule has 0 saturated heterocycles. The second kappa shape index (κ2) is 18.6. The highest BCUT2D eigenvalue weighted by atomic mass is 16.2. The fourth-order valence-corrected chi connectivity index (χ4v) is 3.13. The average molecular weight is 414 g/mol. The van der Waals surface area contributed by atoms with Crippen LogP contribution in [0.5, 0.6) is 0 Å². The van der Waals surface area contributed by atoms with Crippen molar-refractivity contribution in [1.29, 1.82) is 0 Å². The molecule has 5 nitrogen and oxygen atoms in total. The maximum absolute atomic E-state index is 11.8. The number of nitrogens with zero attached hydrogens (tertiary/aromatic N) is 1. The third kappa shape index (κ3) is 15.5. The minimum absolute atomic E-state index is 0.0450. The second-order valence-corrected chi connectivity index (χ2v) is 7.65. The molecule has 2 N–H and O–H groups in total. The molecule has 0 unspecified atom stereocenters. The van der Waals surface area contributed by atoms with Gasteiger partial charge in [-0.05, 0) is 18.1 Å². The lowest BCUT2D eigenvalue weighted by molar-refractivity contribution is -0.126. The molecule has 0 aliphatic carbocycles. The Kier molecular flexibility index (Phi) is 15.9. The summed E-state index contributed by atoms with van der Waals surface area (Å²) in [6, 6.07) is 9.83. The summed E-state index contributed by atoms with van der Waals surface area (Å²) in [4.78, 5) is 23.5. The fraction of sp³-hybridized carbons (Fsp3) is 0.560. The van der Waals surface area contributed by atoms with Crippen molar-refractivity contribution in [2.24, 2.45) is 5.10 Å². The quantitative estimate of drug-likeness (QED) is 0.198. The minimum Gasteiger partial charge on any atom is -0.347 e. The first kappa shape index (κ1) is 25.6. The zero-order valence-electron chi connectivity index (χ0n) is 18.6. The van der Waals surface area contributed by atoms with Gasteiger partial charge in [-0.15, -0.1) is 0 Å². The van der Waals surface area contributed by atoms with Gasteiger partial charge in [0, 0.05) is 12.6 Å². The molecular weight excluding hydrogens is 374 g/mol. The van der Waals surface area contributed by atoms with Crippen LogP contribution in [0, 0.1) is 0 Å². The van der Waals surface area contributed by atoms with Crippen LogP contribution >= 0.6 is 0 Å². The van der Waals surface area contributed by atoms with E-state index in [1.165, 1.54) is 64.0 Å². The number of hydrogen-bond donors (Lipinski definition) is 2. The summed E-state index contributed by atoms with van der Waals surface area (Å²) in [5.74, 6) is -0.402. The van der Waals surface area contributed by atoms with E-state index in [0.29, 0.717) is 6.42 Å². The highest BCUT2D eigenvalue weighted by Crippen LogP contribution is 2.11. The van der Waals surface area contributed by atoms with Crippen LogP contribution in [-0.4, -0.2) is 24.6 Å². The number of carbonyl (C=O) groups excluding carboxylic acids is 2. The van der Waals surface area contributed by atoms with Gasteiger partial charge in [0.2, 0.25) is 5.91 Å². The Balaban J connectivity index is 1.94. The van der Waals surface area contributed by atoms with Gasteiger partial charge in [0.05, 0.1) is 6.54 Å². The van der Waals surface area contributed by atoms with Gasteiger partial charge in [0.1, 0.15) is 0 Å². The van der Waals surface area contributed by atoms with Gasteiger partial charge in [-0.3, -0.25) is 9.59 Å². The van der Waals surface area contributed by atoms with E-state index in [1.807, 2.05) is 36.4 Å². The molecule has 0 spiro atoms. The fourth-order valence-electron chi connectivity index (χ4n) is 3.13. The van der Waals surface area contributed by atoms with Crippen LogP contribution in [-0.2, 0) is 9.59 Å². The molecule has 0 aliphatic heterocycles. The molecule has 0 bridgehead atoms. The first-order valence-electron chi connectivity index (χ1n) is 11.5. The Hall–Kier alpha value is -2.43. The van der Waals surface area contributed by atoms with Crippen molar-refractivity contribution in [1.82, 2.24) is 10.7 Å². The zero-order chi connectivity index (χ0) is 21.7. The van der Waals surface area contributed by atoms with Crippen LogP contribution in [0.15, 0.2) is 41.5 Å². The molecular formula is C25H39N3O2. The minimum atomic E-state index is -0.327. The van der Waals surface area contributed by atoms with E-state index in [-0.39, 0.29) is 18.4 Å². The molecule has 166 valence electrons. The van der Waals surface area contributed by atoms with Crippen molar-refractivity contribution in [3.63, 3.8) is 0 Å². The summed E-state index contributed by atoms with van der Waals surface area (Å²) in [5, 5.41) is 6.48. The number of amides is 2. The molecule has 0 aromatic heterocycles. The van der Waals surface area contributed by atoms with E-state index in [0.717, 1.165) is 18.4 Å². The van der Waals surface area contributed by atoms with Gasteiger partial charge in [-0.2, -0.15) is 5.10 Å². The Bertz CT molecular complexity index is 627. The molecule has 2 amide bonds. The summed E-state index contributed by atoms with van der Waals surface area (Å²) < 4.78 is 0. The van der Waals surface area contributed by atoms with Gasteiger partial charge < -0.3 is 5.32 Å². The van der Waals surface area contributed by atoms with Crippen molar-refractivity contribution < 1.29 is 9.59 Å². The topological polar surface area (TPSA) is 70.6 Å². The molecule has 0 heterocycles. The van der Waals surface area contributed by atoms with Gasteiger partial charge in [0.15, 0.2) is 0 Å². The summed E-state index contributed by atoms with van der Waals surface area (Å²) in [7, 11) is 0. The number of nitrogens with one attached hydrogen (secondary N) is 2. The number of carbonyl (C=O) groups is 2.